The van der Waals surface area contributed by atoms with Crippen LogP contribution in [0.2, 0.25) is 5.02 Å². The molecule has 21 heavy (non-hydrogen) atoms. The van der Waals surface area contributed by atoms with E-state index in [1.807, 2.05) is 24.3 Å². The van der Waals surface area contributed by atoms with Gasteiger partial charge in [-0.05, 0) is 29.7 Å². The Morgan fingerprint density at radius 3 is 2.52 bits per heavy atom. The normalized spacial score (nSPS) is 10.7. The number of rotatable bonds is 4. The topological polar surface area (TPSA) is 81.1 Å². The van der Waals surface area contributed by atoms with Crippen molar-refractivity contribution in [2.24, 2.45) is 5.73 Å². The fourth-order valence-corrected chi connectivity index (χ4v) is 2.47. The third-order valence-electron chi connectivity index (χ3n) is 3.22. The number of benzene rings is 2. The average molecular weight is 304 g/mol. The molecule has 2 aromatic carbocycles. The van der Waals surface area contributed by atoms with Gasteiger partial charge in [-0.15, -0.1) is 0 Å². The van der Waals surface area contributed by atoms with Crippen molar-refractivity contribution in [1.82, 2.24) is 0 Å². The molecule has 0 saturated heterocycles. The first-order valence-electron chi connectivity index (χ1n) is 6.65. The molecule has 0 unspecified atom stereocenters. The lowest BCUT2D eigenvalue weighted by Gasteiger charge is -2.17. The second kappa shape index (κ2) is 6.06. The minimum atomic E-state index is -0.575. The van der Waals surface area contributed by atoms with Crippen molar-refractivity contribution in [3.63, 3.8) is 0 Å². The first-order valence-corrected chi connectivity index (χ1v) is 7.02. The van der Waals surface area contributed by atoms with Crippen LogP contribution < -0.4 is 16.8 Å². The molecular weight excluding hydrogens is 286 g/mol. The van der Waals surface area contributed by atoms with E-state index in [1.165, 1.54) is 6.07 Å². The van der Waals surface area contributed by atoms with Crippen LogP contribution in [0.25, 0.3) is 0 Å². The maximum atomic E-state index is 11.6. The minimum absolute atomic E-state index is 0.276. The van der Waals surface area contributed by atoms with Crippen LogP contribution in [0.15, 0.2) is 36.4 Å². The maximum Gasteiger partial charge on any atom is 0.250 e. The van der Waals surface area contributed by atoms with Crippen LogP contribution in [0.3, 0.4) is 0 Å². The van der Waals surface area contributed by atoms with E-state index in [2.05, 4.69) is 19.2 Å². The van der Waals surface area contributed by atoms with E-state index in [-0.39, 0.29) is 5.56 Å². The number of hydrogen-bond acceptors (Lipinski definition) is 3. The molecule has 0 fully saturated rings. The first kappa shape index (κ1) is 15.2. The predicted molar refractivity (Wildman–Crippen MR) is 88.2 cm³/mol. The number of anilines is 3. The summed E-state index contributed by atoms with van der Waals surface area (Å²) < 4.78 is 0. The molecule has 2 aromatic rings. The van der Waals surface area contributed by atoms with Gasteiger partial charge in [0.15, 0.2) is 0 Å². The highest BCUT2D eigenvalue weighted by Gasteiger charge is 2.15. The number of nitrogens with one attached hydrogen (secondary N) is 1. The Morgan fingerprint density at radius 2 is 1.90 bits per heavy atom. The molecular formula is C16H18ClN3O. The van der Waals surface area contributed by atoms with Gasteiger partial charge in [0.1, 0.15) is 0 Å². The Labute approximate surface area is 129 Å². The summed E-state index contributed by atoms with van der Waals surface area (Å²) in [6.45, 7) is 4.19. The van der Waals surface area contributed by atoms with Crippen LogP contribution in [0, 0.1) is 0 Å². The Morgan fingerprint density at radius 1 is 1.24 bits per heavy atom. The van der Waals surface area contributed by atoms with Crippen LogP contribution in [-0.2, 0) is 0 Å². The van der Waals surface area contributed by atoms with Gasteiger partial charge in [-0.3, -0.25) is 4.79 Å². The van der Waals surface area contributed by atoms with Crippen molar-refractivity contribution in [1.29, 1.82) is 0 Å². The van der Waals surface area contributed by atoms with Crippen LogP contribution >= 0.6 is 11.6 Å². The van der Waals surface area contributed by atoms with Gasteiger partial charge < -0.3 is 16.8 Å². The molecule has 0 aromatic heterocycles. The zero-order valence-electron chi connectivity index (χ0n) is 12.0. The molecule has 0 aliphatic carbocycles. The van der Waals surface area contributed by atoms with E-state index in [1.54, 1.807) is 6.07 Å². The van der Waals surface area contributed by atoms with Crippen molar-refractivity contribution < 1.29 is 4.79 Å². The summed E-state index contributed by atoms with van der Waals surface area (Å²) in [5.74, 6) is -0.244. The second-order valence-corrected chi connectivity index (χ2v) is 5.56. The molecule has 0 aliphatic heterocycles. The van der Waals surface area contributed by atoms with Crippen molar-refractivity contribution in [2.45, 2.75) is 19.8 Å². The summed E-state index contributed by atoms with van der Waals surface area (Å²) in [5, 5.41) is 3.57. The molecule has 5 N–H and O–H groups in total. The lowest BCUT2D eigenvalue weighted by molar-refractivity contribution is 0.100. The summed E-state index contributed by atoms with van der Waals surface area (Å²) >= 11 is 6.21. The Kier molecular flexibility index (Phi) is 4.38. The van der Waals surface area contributed by atoms with Crippen molar-refractivity contribution in [3.8, 4) is 0 Å². The number of primary amides is 1. The molecule has 0 aliphatic rings. The van der Waals surface area contributed by atoms with Gasteiger partial charge in [0.25, 0.3) is 5.91 Å². The van der Waals surface area contributed by atoms with Gasteiger partial charge >= 0.3 is 0 Å². The molecule has 1 amide bonds. The number of amides is 1. The summed E-state index contributed by atoms with van der Waals surface area (Å²) in [7, 11) is 0. The minimum Gasteiger partial charge on any atom is -0.399 e. The Bertz CT molecular complexity index is 683. The SMILES string of the molecule is CC(C)c1ccccc1Nc1c(Cl)cc(N)cc1C(N)=O. The number of hydrogen-bond donors (Lipinski definition) is 3. The highest BCUT2D eigenvalue weighted by Crippen LogP contribution is 2.34. The highest BCUT2D eigenvalue weighted by molar-refractivity contribution is 6.34. The standard InChI is InChI=1S/C16H18ClN3O/c1-9(2)11-5-3-4-6-14(11)20-15-12(16(19)21)7-10(18)8-13(15)17/h3-9,20H,18H2,1-2H3,(H2,19,21). The molecule has 110 valence electrons. The molecule has 0 heterocycles. The van der Waals surface area contributed by atoms with Crippen molar-refractivity contribution >= 4 is 34.6 Å². The van der Waals surface area contributed by atoms with E-state index in [0.29, 0.717) is 22.3 Å². The van der Waals surface area contributed by atoms with E-state index in [4.69, 9.17) is 23.1 Å². The molecule has 5 heteroatoms. The van der Waals surface area contributed by atoms with Gasteiger partial charge in [-0.25, -0.2) is 0 Å². The zero-order valence-corrected chi connectivity index (χ0v) is 12.7. The van der Waals surface area contributed by atoms with Crippen LogP contribution in [-0.4, -0.2) is 5.91 Å². The molecule has 0 radical (unpaired) electrons. The fourth-order valence-electron chi connectivity index (χ4n) is 2.20. The van der Waals surface area contributed by atoms with Crippen molar-refractivity contribution in [3.05, 3.63) is 52.5 Å². The molecule has 0 saturated carbocycles. The van der Waals surface area contributed by atoms with E-state index >= 15 is 0 Å². The van der Waals surface area contributed by atoms with Crippen LogP contribution in [0.4, 0.5) is 17.1 Å². The van der Waals surface area contributed by atoms with Gasteiger partial charge in [0, 0.05) is 11.4 Å². The summed E-state index contributed by atoms with van der Waals surface area (Å²) in [6, 6.07) is 11.0. The second-order valence-electron chi connectivity index (χ2n) is 5.16. The number of nitrogen functional groups attached to an aromatic ring is 1. The first-order chi connectivity index (χ1) is 9.90. The number of carbonyl (C=O) groups excluding carboxylic acids is 1. The van der Waals surface area contributed by atoms with Gasteiger partial charge in [-0.1, -0.05) is 43.6 Å². The number of para-hydroxylation sites is 1. The molecule has 0 spiro atoms. The Balaban J connectivity index is 2.52. The van der Waals surface area contributed by atoms with Gasteiger partial charge in [0.05, 0.1) is 16.3 Å². The number of carbonyl (C=O) groups is 1. The largest absolute Gasteiger partial charge is 0.399 e. The van der Waals surface area contributed by atoms with Crippen molar-refractivity contribution in [2.75, 3.05) is 11.1 Å². The average Bonchev–Trinajstić information content (AvgIpc) is 2.41. The van der Waals surface area contributed by atoms with E-state index in [0.717, 1.165) is 11.3 Å². The summed E-state index contributed by atoms with van der Waals surface area (Å²) in [4.78, 5) is 11.6. The maximum absolute atomic E-state index is 11.6. The zero-order chi connectivity index (χ0) is 15.6. The highest BCUT2D eigenvalue weighted by atomic mass is 35.5. The summed E-state index contributed by atoms with van der Waals surface area (Å²) in [6.07, 6.45) is 0. The molecule has 4 nitrogen and oxygen atoms in total. The monoisotopic (exact) mass is 303 g/mol. The number of halogens is 1. The van der Waals surface area contributed by atoms with Gasteiger partial charge in [0.2, 0.25) is 0 Å². The molecule has 0 bridgehead atoms. The number of nitrogens with two attached hydrogens (primary N) is 2. The Hall–Kier alpha value is -2.20. The molecule has 0 atom stereocenters. The predicted octanol–water partition coefficient (Wildman–Crippen LogP) is 3.89. The smallest absolute Gasteiger partial charge is 0.250 e. The lowest BCUT2D eigenvalue weighted by Crippen LogP contribution is -2.14. The van der Waals surface area contributed by atoms with Crippen LogP contribution in [0.5, 0.6) is 0 Å². The van der Waals surface area contributed by atoms with Crippen LogP contribution in [0.1, 0.15) is 35.7 Å². The fraction of sp³-hybridized carbons (Fsp3) is 0.188. The lowest BCUT2D eigenvalue weighted by atomic mass is 10.0. The third kappa shape index (κ3) is 3.28. The summed E-state index contributed by atoms with van der Waals surface area (Å²) in [5.41, 5.74) is 14.3. The quantitative estimate of drug-likeness (QED) is 0.749. The van der Waals surface area contributed by atoms with E-state index < -0.39 is 5.91 Å². The molecule has 2 rings (SSSR count). The van der Waals surface area contributed by atoms with E-state index in [9.17, 15) is 4.79 Å². The van der Waals surface area contributed by atoms with Gasteiger partial charge in [-0.2, -0.15) is 0 Å². The third-order valence-corrected chi connectivity index (χ3v) is 3.52.